The summed E-state index contributed by atoms with van der Waals surface area (Å²) in [6.45, 7) is 3.75. The maximum absolute atomic E-state index is 13.8. The summed E-state index contributed by atoms with van der Waals surface area (Å²) in [6.07, 6.45) is 1.78. The molecule has 1 aliphatic rings. The fourth-order valence-corrected chi connectivity index (χ4v) is 5.66. The lowest BCUT2D eigenvalue weighted by molar-refractivity contribution is -0.139. The molecule has 0 amide bonds. The second-order valence-electron chi connectivity index (χ2n) is 8.52. The monoisotopic (exact) mass is 585 g/mol. The molecule has 37 heavy (non-hydrogen) atoms. The van der Waals surface area contributed by atoms with E-state index >= 15 is 0 Å². The van der Waals surface area contributed by atoms with E-state index in [1.807, 2.05) is 43.3 Å². The topological polar surface area (TPSA) is 82.4 Å². The van der Waals surface area contributed by atoms with Gasteiger partial charge in [-0.1, -0.05) is 39.4 Å². The molecule has 0 aliphatic carbocycles. The van der Waals surface area contributed by atoms with Crippen LogP contribution in [0, 0.1) is 0 Å². The number of methoxy groups -OCH3 is 2. The number of halogens is 1. The minimum atomic E-state index is -0.664. The molecule has 0 unspecified atom stereocenters. The van der Waals surface area contributed by atoms with Gasteiger partial charge in [-0.25, -0.2) is 9.79 Å². The van der Waals surface area contributed by atoms with Crippen LogP contribution in [0.5, 0.6) is 11.5 Å². The van der Waals surface area contributed by atoms with E-state index in [-0.39, 0.29) is 12.2 Å². The molecule has 1 aliphatic heterocycles. The highest BCUT2D eigenvalue weighted by atomic mass is 79.9. The number of ether oxygens (including phenoxy) is 3. The van der Waals surface area contributed by atoms with Crippen LogP contribution >= 0.6 is 27.3 Å². The molecule has 2 aromatic carbocycles. The number of anilines is 1. The van der Waals surface area contributed by atoms with Crippen molar-refractivity contribution in [1.82, 2.24) is 4.57 Å². The third-order valence-electron chi connectivity index (χ3n) is 6.03. The van der Waals surface area contributed by atoms with Gasteiger partial charge in [-0.05, 0) is 55.3 Å². The third-order valence-corrected chi connectivity index (χ3v) is 7.70. The van der Waals surface area contributed by atoms with E-state index < -0.39 is 12.0 Å². The first kappa shape index (κ1) is 26.7. The SMILES string of the molecule is CCOC(=O)C1=C(C)N=c2sc(=Cc3cc(OC)c(OC)cc3Br)c(=O)n2[C@H]1c1ccc(N(C)C)cc1. The van der Waals surface area contributed by atoms with E-state index in [0.29, 0.717) is 32.1 Å². The lowest BCUT2D eigenvalue weighted by atomic mass is 9.95. The molecule has 194 valence electrons. The standard InChI is InChI=1S/C27H28BrN3O5S/c1-7-36-26(33)23-15(2)29-27-31(24(23)16-8-10-18(11-9-16)30(3)4)25(32)22(37-27)13-17-12-20(34-5)21(35-6)14-19(17)28/h8-14,24H,7H2,1-6H3/t24-/m0/s1. The molecule has 4 rings (SSSR count). The van der Waals surface area contributed by atoms with Gasteiger partial charge < -0.3 is 19.1 Å². The van der Waals surface area contributed by atoms with Crippen molar-refractivity contribution in [2.45, 2.75) is 19.9 Å². The van der Waals surface area contributed by atoms with Crippen molar-refractivity contribution in [2.75, 3.05) is 39.8 Å². The minimum absolute atomic E-state index is 0.222. The maximum atomic E-state index is 13.8. The number of thiazole rings is 1. The van der Waals surface area contributed by atoms with E-state index in [4.69, 9.17) is 14.2 Å². The molecule has 2 heterocycles. The van der Waals surface area contributed by atoms with Gasteiger partial charge in [0.25, 0.3) is 5.56 Å². The van der Waals surface area contributed by atoms with E-state index in [0.717, 1.165) is 21.3 Å². The molecule has 1 atom stereocenters. The van der Waals surface area contributed by atoms with E-state index in [1.165, 1.54) is 11.3 Å². The van der Waals surface area contributed by atoms with E-state index in [2.05, 4.69) is 20.9 Å². The molecule has 0 saturated carbocycles. The number of esters is 1. The summed E-state index contributed by atoms with van der Waals surface area (Å²) in [4.78, 5) is 34.0. The molecule has 8 nitrogen and oxygen atoms in total. The van der Waals surface area contributed by atoms with Gasteiger partial charge >= 0.3 is 5.97 Å². The van der Waals surface area contributed by atoms with Crippen LogP contribution in [-0.4, -0.2) is 45.5 Å². The van der Waals surface area contributed by atoms with Crippen molar-refractivity contribution in [3.63, 3.8) is 0 Å². The highest BCUT2D eigenvalue weighted by Gasteiger charge is 2.33. The van der Waals surface area contributed by atoms with Gasteiger partial charge in [-0.3, -0.25) is 9.36 Å². The molecule has 0 saturated heterocycles. The van der Waals surface area contributed by atoms with Gasteiger partial charge in [0.1, 0.15) is 0 Å². The van der Waals surface area contributed by atoms with E-state index in [9.17, 15) is 9.59 Å². The van der Waals surface area contributed by atoms with Gasteiger partial charge in [0.15, 0.2) is 16.3 Å². The number of fused-ring (bicyclic) bond motifs is 1. The number of allylic oxidation sites excluding steroid dienone is 1. The number of hydrogen-bond donors (Lipinski definition) is 0. The third kappa shape index (κ3) is 5.08. The zero-order valence-electron chi connectivity index (χ0n) is 21.5. The highest BCUT2D eigenvalue weighted by molar-refractivity contribution is 9.10. The second kappa shape index (κ2) is 10.9. The Hall–Kier alpha value is -3.37. The summed E-state index contributed by atoms with van der Waals surface area (Å²) < 4.78 is 19.0. The Morgan fingerprint density at radius 2 is 1.81 bits per heavy atom. The lowest BCUT2D eigenvalue weighted by Gasteiger charge is -2.25. The van der Waals surface area contributed by atoms with Crippen LogP contribution in [0.15, 0.2) is 61.9 Å². The van der Waals surface area contributed by atoms with Crippen LogP contribution in [0.3, 0.4) is 0 Å². The Morgan fingerprint density at radius 3 is 2.41 bits per heavy atom. The number of benzene rings is 2. The summed E-state index contributed by atoms with van der Waals surface area (Å²) in [5.41, 5.74) is 3.18. The zero-order valence-corrected chi connectivity index (χ0v) is 23.9. The first-order chi connectivity index (χ1) is 17.7. The van der Waals surface area contributed by atoms with Crippen molar-refractivity contribution >= 4 is 45.0 Å². The summed E-state index contributed by atoms with van der Waals surface area (Å²) in [5, 5.41) is 0. The molecule has 0 radical (unpaired) electrons. The molecule has 0 bridgehead atoms. The largest absolute Gasteiger partial charge is 0.493 e. The number of nitrogens with zero attached hydrogens (tertiary/aromatic N) is 3. The van der Waals surface area contributed by atoms with Gasteiger partial charge in [-0.15, -0.1) is 0 Å². The van der Waals surface area contributed by atoms with Crippen LogP contribution in [0.1, 0.15) is 31.0 Å². The summed E-state index contributed by atoms with van der Waals surface area (Å²) in [5.74, 6) is 0.634. The van der Waals surface area contributed by atoms with Gasteiger partial charge in [0.2, 0.25) is 0 Å². The molecule has 1 aromatic heterocycles. The number of rotatable bonds is 7. The van der Waals surface area contributed by atoms with E-state index in [1.54, 1.807) is 50.8 Å². The highest BCUT2D eigenvalue weighted by Crippen LogP contribution is 2.34. The fraction of sp³-hybridized carbons (Fsp3) is 0.296. The van der Waals surface area contributed by atoms with Gasteiger partial charge in [0, 0.05) is 24.3 Å². The Bertz CT molecular complexity index is 1550. The first-order valence-electron chi connectivity index (χ1n) is 11.6. The molecule has 0 fully saturated rings. The van der Waals surface area contributed by atoms with Crippen molar-refractivity contribution in [1.29, 1.82) is 0 Å². The Labute approximate surface area is 227 Å². The van der Waals surface area contributed by atoms with Crippen LogP contribution in [0.2, 0.25) is 0 Å². The normalized spacial score (nSPS) is 15.2. The summed E-state index contributed by atoms with van der Waals surface area (Å²) >= 11 is 4.83. The number of aromatic nitrogens is 1. The summed E-state index contributed by atoms with van der Waals surface area (Å²) in [6, 6.07) is 10.7. The average molecular weight is 587 g/mol. The Balaban J connectivity index is 1.94. The molecule has 0 N–H and O–H groups in total. The van der Waals surface area contributed by atoms with Gasteiger partial charge in [0.05, 0.1) is 42.7 Å². The lowest BCUT2D eigenvalue weighted by Crippen LogP contribution is -2.40. The Morgan fingerprint density at radius 1 is 1.16 bits per heavy atom. The average Bonchev–Trinajstić information content (AvgIpc) is 3.18. The Kier molecular flexibility index (Phi) is 7.89. The predicted molar refractivity (Wildman–Crippen MR) is 148 cm³/mol. The number of carbonyl (C=O) groups is 1. The fourth-order valence-electron chi connectivity index (χ4n) is 4.18. The predicted octanol–water partition coefficient (Wildman–Crippen LogP) is 3.64. The molecular formula is C27H28BrN3O5S. The summed E-state index contributed by atoms with van der Waals surface area (Å²) in [7, 11) is 7.04. The van der Waals surface area contributed by atoms with Crippen LogP contribution in [-0.2, 0) is 9.53 Å². The van der Waals surface area contributed by atoms with Crippen LogP contribution in [0.25, 0.3) is 6.08 Å². The van der Waals surface area contributed by atoms with Crippen molar-refractivity contribution in [2.24, 2.45) is 4.99 Å². The number of carbonyl (C=O) groups excluding carboxylic acids is 1. The van der Waals surface area contributed by atoms with Gasteiger partial charge in [-0.2, -0.15) is 0 Å². The van der Waals surface area contributed by atoms with Crippen molar-refractivity contribution < 1.29 is 19.0 Å². The quantitative estimate of drug-likeness (QED) is 0.394. The molecule has 0 spiro atoms. The van der Waals surface area contributed by atoms with Crippen LogP contribution in [0.4, 0.5) is 5.69 Å². The minimum Gasteiger partial charge on any atom is -0.493 e. The molecule has 10 heteroatoms. The zero-order chi connectivity index (χ0) is 26.9. The number of hydrogen-bond acceptors (Lipinski definition) is 8. The molecular weight excluding hydrogens is 558 g/mol. The molecule has 3 aromatic rings. The maximum Gasteiger partial charge on any atom is 0.338 e. The van der Waals surface area contributed by atoms with Crippen molar-refractivity contribution in [3.8, 4) is 11.5 Å². The smallest absolute Gasteiger partial charge is 0.338 e. The van der Waals surface area contributed by atoms with Crippen LogP contribution < -0.4 is 29.3 Å². The first-order valence-corrected chi connectivity index (χ1v) is 13.2. The second-order valence-corrected chi connectivity index (χ2v) is 10.4. The van der Waals surface area contributed by atoms with Crippen molar-refractivity contribution in [3.05, 3.63) is 83.0 Å².